The molecule has 1 aromatic heterocycles. The first-order valence-corrected chi connectivity index (χ1v) is 5.67. The maximum absolute atomic E-state index is 12.5. The average Bonchev–Trinajstić information content (AvgIpc) is 2.34. The molecule has 0 amide bonds. The predicted molar refractivity (Wildman–Crippen MR) is 69.0 cm³/mol. The fourth-order valence-electron chi connectivity index (χ4n) is 1.29. The van der Waals surface area contributed by atoms with E-state index < -0.39 is 19.5 Å². The Labute approximate surface area is 114 Å². The number of aliphatic hydroxyl groups excluding tert-OH is 1. The van der Waals surface area contributed by atoms with Gasteiger partial charge in [-0.1, -0.05) is 0 Å². The van der Waals surface area contributed by atoms with E-state index in [1.807, 2.05) is 0 Å². The van der Waals surface area contributed by atoms with Gasteiger partial charge in [0.05, 0.1) is 0 Å². The number of halogens is 3. The highest BCUT2D eigenvalue weighted by molar-refractivity contribution is 5.45. The zero-order chi connectivity index (χ0) is 15.5. The molecule has 10 heteroatoms. The maximum atomic E-state index is 12.5. The van der Waals surface area contributed by atoms with Crippen LogP contribution in [0.25, 0.3) is 0 Å². The first-order valence-electron chi connectivity index (χ1n) is 5.67. The Bertz CT molecular complexity index is 425. The molecule has 0 spiro atoms. The number of alkyl halides is 3. The molecule has 0 radical (unpaired) electrons. The van der Waals surface area contributed by atoms with Gasteiger partial charge in [-0.05, 0) is 0 Å². The lowest BCUT2D eigenvalue weighted by molar-refractivity contribution is -0.121. The molecule has 0 aliphatic rings. The first kappa shape index (κ1) is 16.2. The summed E-state index contributed by atoms with van der Waals surface area (Å²) in [5.41, 5.74) is 0. The van der Waals surface area contributed by atoms with Gasteiger partial charge in [0.25, 0.3) is 0 Å². The van der Waals surface area contributed by atoms with Crippen molar-refractivity contribution in [1.82, 2.24) is 15.0 Å². The van der Waals surface area contributed by atoms with Gasteiger partial charge in [0, 0.05) is 28.2 Å². The molecule has 0 unspecified atom stereocenters. The van der Waals surface area contributed by atoms with Crippen LogP contribution in [0.4, 0.5) is 31.0 Å². The second-order valence-corrected chi connectivity index (χ2v) is 4.48. The lowest BCUT2D eigenvalue weighted by Crippen LogP contribution is -2.37. The third-order valence-electron chi connectivity index (χ3n) is 2.22. The minimum absolute atomic E-state index is 0.208. The van der Waals surface area contributed by atoms with Crippen molar-refractivity contribution >= 4 is 17.8 Å². The van der Waals surface area contributed by atoms with E-state index >= 15 is 0 Å². The molecule has 0 saturated heterocycles. The van der Waals surface area contributed by atoms with E-state index in [-0.39, 0.29) is 17.8 Å². The fourth-order valence-corrected chi connectivity index (χ4v) is 1.29. The third kappa shape index (κ3) is 4.37. The quantitative estimate of drug-likeness (QED) is 0.784. The van der Waals surface area contributed by atoms with Crippen LogP contribution in [0, 0.1) is 0 Å². The topological polar surface area (TPSA) is 68.6 Å². The molecule has 0 aromatic carbocycles. The molecular formula is C10H17F3N6O. The van der Waals surface area contributed by atoms with Crippen LogP contribution in [-0.4, -0.2) is 67.7 Å². The van der Waals surface area contributed by atoms with E-state index in [2.05, 4.69) is 15.0 Å². The van der Waals surface area contributed by atoms with Crippen LogP contribution in [0.15, 0.2) is 0 Å². The van der Waals surface area contributed by atoms with Gasteiger partial charge in [-0.25, -0.2) is 0 Å². The Hall–Kier alpha value is -1.84. The normalized spacial score (nSPS) is 11.4. The highest BCUT2D eigenvalue weighted by Gasteiger charge is 2.32. The summed E-state index contributed by atoms with van der Waals surface area (Å²) in [5.74, 6) is 0.186. The first-order chi connectivity index (χ1) is 9.14. The van der Waals surface area contributed by atoms with Crippen LogP contribution in [-0.2, 0) is 0 Å². The van der Waals surface area contributed by atoms with Crippen LogP contribution in [0.1, 0.15) is 0 Å². The molecule has 0 atom stereocenters. The van der Waals surface area contributed by atoms with Gasteiger partial charge < -0.3 is 19.8 Å². The second-order valence-electron chi connectivity index (χ2n) is 4.48. The van der Waals surface area contributed by atoms with E-state index in [9.17, 15) is 13.2 Å². The van der Waals surface area contributed by atoms with Crippen molar-refractivity contribution in [1.29, 1.82) is 0 Å². The van der Waals surface area contributed by atoms with Gasteiger partial charge in [0.1, 0.15) is 13.3 Å². The summed E-state index contributed by atoms with van der Waals surface area (Å²) in [5, 5.41) is 9.10. The Balaban J connectivity index is 3.20. The van der Waals surface area contributed by atoms with Crippen LogP contribution < -0.4 is 14.7 Å². The minimum atomic E-state index is -4.47. The molecule has 0 bridgehead atoms. The number of anilines is 3. The summed E-state index contributed by atoms with van der Waals surface area (Å²) >= 11 is 0. The molecular weight excluding hydrogens is 277 g/mol. The monoisotopic (exact) mass is 294 g/mol. The van der Waals surface area contributed by atoms with Crippen molar-refractivity contribution in [2.45, 2.75) is 6.18 Å². The van der Waals surface area contributed by atoms with E-state index in [0.29, 0.717) is 4.90 Å². The fraction of sp³-hybridized carbons (Fsp3) is 0.700. The summed E-state index contributed by atoms with van der Waals surface area (Å²) in [6.45, 7) is -2.18. The number of aromatic nitrogens is 3. The van der Waals surface area contributed by atoms with E-state index in [4.69, 9.17) is 5.11 Å². The molecule has 114 valence electrons. The van der Waals surface area contributed by atoms with E-state index in [1.54, 1.807) is 38.0 Å². The summed E-state index contributed by atoms with van der Waals surface area (Å²) in [7, 11) is 6.63. The van der Waals surface area contributed by atoms with Crippen LogP contribution in [0.2, 0.25) is 0 Å². The molecule has 1 aromatic rings. The molecule has 0 aliphatic heterocycles. The Morgan fingerprint density at radius 1 is 0.900 bits per heavy atom. The lowest BCUT2D eigenvalue weighted by atomic mass is 10.5. The molecule has 0 fully saturated rings. The summed E-state index contributed by atoms with van der Waals surface area (Å²) in [6, 6.07) is 0. The van der Waals surface area contributed by atoms with E-state index in [0.717, 1.165) is 0 Å². The Morgan fingerprint density at radius 3 is 1.60 bits per heavy atom. The van der Waals surface area contributed by atoms with Crippen molar-refractivity contribution < 1.29 is 18.3 Å². The van der Waals surface area contributed by atoms with Gasteiger partial charge in [-0.2, -0.15) is 28.1 Å². The van der Waals surface area contributed by atoms with Gasteiger partial charge in [0.15, 0.2) is 0 Å². The highest BCUT2D eigenvalue weighted by atomic mass is 19.4. The number of nitrogens with zero attached hydrogens (tertiary/aromatic N) is 6. The van der Waals surface area contributed by atoms with Crippen LogP contribution in [0.3, 0.4) is 0 Å². The number of aliphatic hydroxyl groups is 1. The highest BCUT2D eigenvalue weighted by Crippen LogP contribution is 2.21. The van der Waals surface area contributed by atoms with Crippen molar-refractivity contribution in [3.8, 4) is 0 Å². The van der Waals surface area contributed by atoms with Crippen LogP contribution >= 0.6 is 0 Å². The number of hydrogen-bond acceptors (Lipinski definition) is 7. The largest absolute Gasteiger partial charge is 0.406 e. The Kier molecular flexibility index (Phi) is 4.93. The maximum Gasteiger partial charge on any atom is 0.406 e. The van der Waals surface area contributed by atoms with Gasteiger partial charge in [-0.15, -0.1) is 0 Å². The van der Waals surface area contributed by atoms with Gasteiger partial charge in [-0.3, -0.25) is 0 Å². The SMILES string of the molecule is CN(C)c1nc(N(C)C)nc(N(CO)CC(F)(F)F)n1. The zero-order valence-electron chi connectivity index (χ0n) is 11.7. The van der Waals surface area contributed by atoms with Crippen molar-refractivity contribution in [2.75, 3.05) is 56.2 Å². The van der Waals surface area contributed by atoms with Crippen molar-refractivity contribution in [3.05, 3.63) is 0 Å². The second kappa shape index (κ2) is 6.07. The summed E-state index contributed by atoms with van der Waals surface area (Å²) in [6.07, 6.45) is -4.47. The predicted octanol–water partition coefficient (Wildman–Crippen LogP) is 0.322. The van der Waals surface area contributed by atoms with Crippen molar-refractivity contribution in [2.24, 2.45) is 0 Å². The molecule has 0 saturated carbocycles. The zero-order valence-corrected chi connectivity index (χ0v) is 11.7. The summed E-state index contributed by atoms with van der Waals surface area (Å²) in [4.78, 5) is 15.6. The van der Waals surface area contributed by atoms with E-state index in [1.165, 1.54) is 0 Å². The minimum Gasteiger partial charge on any atom is -0.376 e. The van der Waals surface area contributed by atoms with Crippen LogP contribution in [0.5, 0.6) is 0 Å². The smallest absolute Gasteiger partial charge is 0.376 e. The molecule has 1 heterocycles. The molecule has 20 heavy (non-hydrogen) atoms. The molecule has 1 N–H and O–H groups in total. The average molecular weight is 294 g/mol. The van der Waals surface area contributed by atoms with Crippen molar-refractivity contribution in [3.63, 3.8) is 0 Å². The summed E-state index contributed by atoms with van der Waals surface area (Å²) < 4.78 is 37.4. The molecule has 0 aliphatic carbocycles. The number of hydrogen-bond donors (Lipinski definition) is 1. The third-order valence-corrected chi connectivity index (χ3v) is 2.22. The number of rotatable bonds is 5. The molecule has 7 nitrogen and oxygen atoms in total. The molecule has 1 rings (SSSR count). The Morgan fingerprint density at radius 2 is 1.30 bits per heavy atom. The lowest BCUT2D eigenvalue weighted by Gasteiger charge is -2.23. The van der Waals surface area contributed by atoms with Gasteiger partial charge in [0.2, 0.25) is 17.8 Å². The standard InChI is InChI=1S/C10H17F3N6O/c1-17(2)7-14-8(18(3)4)16-9(15-7)19(6-20)5-10(11,12)13/h20H,5-6H2,1-4H3. The van der Waals surface area contributed by atoms with Gasteiger partial charge >= 0.3 is 6.18 Å².